The van der Waals surface area contributed by atoms with Crippen LogP contribution in [0, 0.1) is 6.42 Å². The van der Waals surface area contributed by atoms with Gasteiger partial charge in [0.25, 0.3) is 0 Å². The van der Waals surface area contributed by atoms with Gasteiger partial charge in [-0.15, -0.1) is 0 Å². The number of benzene rings is 2. The molecule has 1 aliphatic rings. The molecule has 2 aromatic rings. The minimum absolute atomic E-state index is 0.330. The Morgan fingerprint density at radius 2 is 1.43 bits per heavy atom. The summed E-state index contributed by atoms with van der Waals surface area (Å²) < 4.78 is 0. The molecule has 0 bridgehead atoms. The molecular formula is C20H18P+. The largest absolute Gasteiger partial charge is 0.0921 e. The van der Waals surface area contributed by atoms with E-state index in [4.69, 9.17) is 0 Å². The minimum Gasteiger partial charge on any atom is -0.0622 e. The summed E-state index contributed by atoms with van der Waals surface area (Å²) in [4.78, 5) is 0. The van der Waals surface area contributed by atoms with Gasteiger partial charge in [-0.05, 0) is 18.5 Å². The van der Waals surface area contributed by atoms with Gasteiger partial charge in [0.15, 0.2) is 0 Å². The Balaban J connectivity index is 1.86. The average molecular weight is 289 g/mol. The number of hydrogen-bond acceptors (Lipinski definition) is 0. The molecule has 0 unspecified atom stereocenters. The molecule has 0 aliphatic heterocycles. The van der Waals surface area contributed by atoms with Crippen LogP contribution in [0.1, 0.15) is 0 Å². The lowest BCUT2D eigenvalue weighted by Crippen LogP contribution is -2.13. The lowest BCUT2D eigenvalue weighted by atomic mass is 10.1. The standard InChI is InChI=1S/C20H18P/c1-4-10-18(11-5-1)16-17-21(19-12-6-2-7-13-19)20-14-8-3-9-15-20/h1-16H,17H2/q+1. The summed E-state index contributed by atoms with van der Waals surface area (Å²) in [5, 5.41) is 2.87. The number of hydrogen-bond donors (Lipinski definition) is 0. The van der Waals surface area contributed by atoms with Crippen molar-refractivity contribution in [3.63, 3.8) is 0 Å². The Kier molecular flexibility index (Phi) is 4.71. The zero-order chi connectivity index (χ0) is 14.3. The SMILES string of the molecule is C1=C[CH+]/C(=C/CP(c2ccccc2)c2ccccc2)C=C1. The van der Waals surface area contributed by atoms with E-state index in [2.05, 4.69) is 97.5 Å². The van der Waals surface area contributed by atoms with Crippen LogP contribution in [0.4, 0.5) is 0 Å². The molecule has 0 heterocycles. The van der Waals surface area contributed by atoms with Crippen molar-refractivity contribution in [3.8, 4) is 0 Å². The first-order chi connectivity index (χ1) is 10.4. The van der Waals surface area contributed by atoms with Crippen LogP contribution in [0.5, 0.6) is 0 Å². The van der Waals surface area contributed by atoms with Gasteiger partial charge >= 0.3 is 0 Å². The highest BCUT2D eigenvalue weighted by Crippen LogP contribution is 2.34. The fourth-order valence-corrected chi connectivity index (χ4v) is 4.54. The van der Waals surface area contributed by atoms with Crippen LogP contribution < -0.4 is 10.6 Å². The van der Waals surface area contributed by atoms with Gasteiger partial charge in [-0.2, -0.15) is 0 Å². The van der Waals surface area contributed by atoms with Crippen LogP contribution in [0.2, 0.25) is 0 Å². The fourth-order valence-electron chi connectivity index (χ4n) is 2.36. The van der Waals surface area contributed by atoms with Crippen molar-refractivity contribution in [1.82, 2.24) is 0 Å². The predicted octanol–water partition coefficient (Wildman–Crippen LogP) is 4.38. The molecule has 0 saturated carbocycles. The van der Waals surface area contributed by atoms with Crippen LogP contribution in [0.3, 0.4) is 0 Å². The third-order valence-corrected chi connectivity index (χ3v) is 5.84. The van der Waals surface area contributed by atoms with Crippen molar-refractivity contribution < 1.29 is 0 Å². The van der Waals surface area contributed by atoms with Crippen molar-refractivity contribution in [2.75, 3.05) is 6.16 Å². The van der Waals surface area contributed by atoms with E-state index in [9.17, 15) is 0 Å². The van der Waals surface area contributed by atoms with E-state index in [0.29, 0.717) is 0 Å². The Morgan fingerprint density at radius 3 is 1.95 bits per heavy atom. The van der Waals surface area contributed by atoms with E-state index in [1.165, 1.54) is 16.2 Å². The van der Waals surface area contributed by atoms with Crippen LogP contribution >= 0.6 is 7.92 Å². The van der Waals surface area contributed by atoms with E-state index >= 15 is 0 Å². The lowest BCUT2D eigenvalue weighted by molar-refractivity contribution is 1.49. The molecule has 0 saturated heterocycles. The molecule has 0 fully saturated rings. The quantitative estimate of drug-likeness (QED) is 0.579. The first-order valence-electron chi connectivity index (χ1n) is 7.19. The molecule has 0 spiro atoms. The summed E-state index contributed by atoms with van der Waals surface area (Å²) in [6.45, 7) is 0. The maximum absolute atomic E-state index is 2.35. The van der Waals surface area contributed by atoms with Gasteiger partial charge in [0, 0.05) is 43.0 Å². The first-order valence-corrected chi connectivity index (χ1v) is 8.72. The predicted molar refractivity (Wildman–Crippen MR) is 94.6 cm³/mol. The van der Waals surface area contributed by atoms with Crippen molar-refractivity contribution in [1.29, 1.82) is 0 Å². The molecular weight excluding hydrogens is 271 g/mol. The molecule has 0 atom stereocenters. The monoisotopic (exact) mass is 289 g/mol. The molecule has 0 N–H and O–H groups in total. The third kappa shape index (κ3) is 3.74. The van der Waals surface area contributed by atoms with Gasteiger partial charge in [-0.3, -0.25) is 0 Å². The molecule has 21 heavy (non-hydrogen) atoms. The van der Waals surface area contributed by atoms with Gasteiger partial charge in [0.05, 0.1) is 5.57 Å². The second-order valence-corrected chi connectivity index (χ2v) is 7.15. The van der Waals surface area contributed by atoms with Crippen molar-refractivity contribution in [2.45, 2.75) is 0 Å². The molecule has 1 aliphatic carbocycles. The van der Waals surface area contributed by atoms with Crippen LogP contribution in [-0.4, -0.2) is 6.16 Å². The molecule has 0 aromatic heterocycles. The maximum Gasteiger partial charge on any atom is 0.0921 e. The molecule has 3 rings (SSSR count). The zero-order valence-corrected chi connectivity index (χ0v) is 12.8. The van der Waals surface area contributed by atoms with Gasteiger partial charge in [0.1, 0.15) is 0 Å². The first kappa shape index (κ1) is 13.9. The summed E-state index contributed by atoms with van der Waals surface area (Å²) in [6, 6.07) is 21.7. The van der Waals surface area contributed by atoms with Crippen molar-refractivity contribution in [3.05, 3.63) is 103 Å². The van der Waals surface area contributed by atoms with E-state index in [0.717, 1.165) is 6.16 Å². The van der Waals surface area contributed by atoms with Gasteiger partial charge in [-0.25, -0.2) is 0 Å². The topological polar surface area (TPSA) is 0 Å². The second kappa shape index (κ2) is 7.11. The van der Waals surface area contributed by atoms with E-state index in [1.807, 2.05) is 0 Å². The molecule has 102 valence electrons. The minimum atomic E-state index is -0.330. The summed E-state index contributed by atoms with van der Waals surface area (Å²) in [5.74, 6) is 0. The highest BCUT2D eigenvalue weighted by molar-refractivity contribution is 7.73. The Bertz CT molecular complexity index is 611. The molecule has 0 amide bonds. The summed E-state index contributed by atoms with van der Waals surface area (Å²) >= 11 is 0. The number of rotatable bonds is 4. The Morgan fingerprint density at radius 1 is 0.810 bits per heavy atom. The molecule has 0 nitrogen and oxygen atoms in total. The summed E-state index contributed by atoms with van der Waals surface area (Å²) in [6.07, 6.45) is 14.0. The van der Waals surface area contributed by atoms with E-state index in [1.54, 1.807) is 0 Å². The van der Waals surface area contributed by atoms with Crippen molar-refractivity contribution in [2.24, 2.45) is 0 Å². The van der Waals surface area contributed by atoms with Gasteiger partial charge in [0.2, 0.25) is 0 Å². The molecule has 1 heteroatoms. The average Bonchev–Trinajstić information content (AvgIpc) is 2.58. The van der Waals surface area contributed by atoms with E-state index in [-0.39, 0.29) is 7.92 Å². The molecule has 0 radical (unpaired) electrons. The third-order valence-electron chi connectivity index (χ3n) is 3.44. The second-order valence-electron chi connectivity index (χ2n) is 4.90. The van der Waals surface area contributed by atoms with Crippen LogP contribution in [-0.2, 0) is 0 Å². The number of allylic oxidation sites excluding steroid dienone is 6. The van der Waals surface area contributed by atoms with Crippen LogP contribution in [0.15, 0.2) is 96.6 Å². The summed E-state index contributed by atoms with van der Waals surface area (Å²) in [7, 11) is -0.330. The smallest absolute Gasteiger partial charge is 0.0622 e. The normalized spacial score (nSPS) is 15.4. The molecule has 2 aromatic carbocycles. The fraction of sp³-hybridized carbons (Fsp3) is 0.0500. The highest BCUT2D eigenvalue weighted by Gasteiger charge is 2.14. The van der Waals surface area contributed by atoms with Crippen LogP contribution in [0.25, 0.3) is 0 Å². The lowest BCUT2D eigenvalue weighted by Gasteiger charge is -2.16. The summed E-state index contributed by atoms with van der Waals surface area (Å²) in [5.41, 5.74) is 1.30. The Labute approximate surface area is 128 Å². The Hall–Kier alpha value is -2.04. The maximum atomic E-state index is 2.35. The van der Waals surface area contributed by atoms with Gasteiger partial charge in [-0.1, -0.05) is 60.7 Å². The van der Waals surface area contributed by atoms with Gasteiger partial charge < -0.3 is 0 Å². The highest BCUT2D eigenvalue weighted by atomic mass is 31.1. The zero-order valence-electron chi connectivity index (χ0n) is 11.9. The van der Waals surface area contributed by atoms with E-state index < -0.39 is 0 Å². The van der Waals surface area contributed by atoms with Crippen molar-refractivity contribution >= 4 is 18.5 Å².